The third kappa shape index (κ3) is 5.93. The molecule has 0 saturated heterocycles. The van der Waals surface area contributed by atoms with Crippen LogP contribution in [0.1, 0.15) is 33.6 Å². The smallest absolute Gasteiger partial charge is 0.408 e. The van der Waals surface area contributed by atoms with Gasteiger partial charge in [-0.25, -0.2) is 4.79 Å². The Morgan fingerprint density at radius 2 is 1.93 bits per heavy atom. The predicted octanol–water partition coefficient (Wildman–Crippen LogP) is 1.22. The molecule has 15 heavy (non-hydrogen) atoms. The minimum Gasteiger partial charge on any atom is -0.461 e. The fraction of sp³-hybridized carbons (Fsp3) is 0.800. The van der Waals surface area contributed by atoms with Crippen LogP contribution in [0.3, 0.4) is 0 Å². The minimum atomic E-state index is -0.602. The van der Waals surface area contributed by atoms with Crippen LogP contribution in [0.4, 0.5) is 4.79 Å². The summed E-state index contributed by atoms with van der Waals surface area (Å²) in [4.78, 5) is 22.2. The lowest BCUT2D eigenvalue weighted by Gasteiger charge is -2.19. The van der Waals surface area contributed by atoms with E-state index in [1.165, 1.54) is 0 Å². The molecule has 1 fully saturated rings. The van der Waals surface area contributed by atoms with Crippen LogP contribution in [0.5, 0.6) is 0 Å². The molecule has 0 heterocycles. The van der Waals surface area contributed by atoms with E-state index in [1.54, 1.807) is 20.8 Å². The number of alkyl carbamates (subject to hydrolysis) is 1. The molecule has 0 radical (unpaired) electrons. The van der Waals surface area contributed by atoms with Crippen LogP contribution in [0.25, 0.3) is 0 Å². The Kier molecular flexibility index (Phi) is 3.55. The van der Waals surface area contributed by atoms with Crippen LogP contribution in [0.15, 0.2) is 0 Å². The van der Waals surface area contributed by atoms with Gasteiger partial charge in [-0.15, -0.1) is 0 Å². The molecule has 86 valence electrons. The second-order valence-electron chi connectivity index (χ2n) is 4.54. The Labute approximate surface area is 89.1 Å². The summed E-state index contributed by atoms with van der Waals surface area (Å²) in [6, 6.07) is 0. The highest BCUT2D eigenvalue weighted by Gasteiger charge is 2.26. The van der Waals surface area contributed by atoms with Crippen molar-refractivity contribution >= 4 is 12.1 Å². The molecule has 5 heteroatoms. The summed E-state index contributed by atoms with van der Waals surface area (Å²) in [7, 11) is 0. The Bertz CT molecular complexity index is 253. The molecule has 0 aromatic heterocycles. The first kappa shape index (κ1) is 11.8. The lowest BCUT2D eigenvalue weighted by Crippen LogP contribution is -2.36. The van der Waals surface area contributed by atoms with Crippen molar-refractivity contribution in [2.75, 3.05) is 6.54 Å². The first-order valence-corrected chi connectivity index (χ1v) is 5.03. The molecule has 5 nitrogen and oxygen atoms in total. The van der Waals surface area contributed by atoms with Crippen LogP contribution >= 0.6 is 0 Å². The molecule has 0 unspecified atom stereocenters. The maximum atomic E-state index is 11.1. The zero-order valence-corrected chi connectivity index (χ0v) is 9.33. The van der Waals surface area contributed by atoms with Gasteiger partial charge in [-0.1, -0.05) is 0 Å². The number of amides is 1. The summed E-state index contributed by atoms with van der Waals surface area (Å²) in [6.45, 7) is 5.14. The Morgan fingerprint density at radius 1 is 1.33 bits per heavy atom. The molecule has 1 amide bonds. The Morgan fingerprint density at radius 3 is 2.40 bits per heavy atom. The lowest BCUT2D eigenvalue weighted by molar-refractivity contribution is -0.143. The average Bonchev–Trinajstić information content (AvgIpc) is 2.81. The molecule has 1 aliphatic carbocycles. The lowest BCUT2D eigenvalue weighted by atomic mass is 10.2. The highest BCUT2D eigenvalue weighted by molar-refractivity contribution is 5.78. The van der Waals surface area contributed by atoms with Gasteiger partial charge in [-0.05, 0) is 33.6 Å². The van der Waals surface area contributed by atoms with Gasteiger partial charge >= 0.3 is 12.1 Å². The van der Waals surface area contributed by atoms with Gasteiger partial charge in [-0.2, -0.15) is 0 Å². The highest BCUT2D eigenvalue weighted by Crippen LogP contribution is 2.23. The monoisotopic (exact) mass is 215 g/mol. The molecule has 1 aliphatic rings. The van der Waals surface area contributed by atoms with Gasteiger partial charge in [0.1, 0.15) is 18.2 Å². The summed E-state index contributed by atoms with van der Waals surface area (Å²) < 4.78 is 9.88. The van der Waals surface area contributed by atoms with E-state index in [1.807, 2.05) is 0 Å². The van der Waals surface area contributed by atoms with Crippen LogP contribution in [-0.2, 0) is 14.3 Å². The summed E-state index contributed by atoms with van der Waals surface area (Å²) in [5, 5.41) is 2.34. The van der Waals surface area contributed by atoms with E-state index in [9.17, 15) is 9.59 Å². The zero-order valence-electron chi connectivity index (χ0n) is 9.33. The van der Waals surface area contributed by atoms with E-state index in [2.05, 4.69) is 5.32 Å². The second kappa shape index (κ2) is 4.51. The number of carbonyl (C=O) groups is 2. The standard InChI is InChI=1S/C10H17NO4/c1-10(2,3)15-9(13)11-6-8(12)14-7-4-5-7/h7H,4-6H2,1-3H3,(H,11,13). The number of esters is 1. The fourth-order valence-electron chi connectivity index (χ4n) is 0.872. The molecule has 0 atom stereocenters. The molecule has 0 bridgehead atoms. The third-order valence-corrected chi connectivity index (χ3v) is 1.60. The molecule has 0 aromatic carbocycles. The van der Waals surface area contributed by atoms with Crippen LogP contribution in [0, 0.1) is 0 Å². The van der Waals surface area contributed by atoms with Gasteiger partial charge in [0.2, 0.25) is 0 Å². The largest absolute Gasteiger partial charge is 0.461 e. The van der Waals surface area contributed by atoms with Crippen molar-refractivity contribution in [3.05, 3.63) is 0 Å². The van der Waals surface area contributed by atoms with Crippen LogP contribution in [0.2, 0.25) is 0 Å². The Balaban J connectivity index is 2.12. The topological polar surface area (TPSA) is 64.6 Å². The summed E-state index contributed by atoms with van der Waals surface area (Å²) in [5.74, 6) is -0.414. The molecule has 0 spiro atoms. The summed E-state index contributed by atoms with van der Waals surface area (Å²) in [5.41, 5.74) is -0.551. The van der Waals surface area contributed by atoms with Crippen molar-refractivity contribution in [2.45, 2.75) is 45.3 Å². The van der Waals surface area contributed by atoms with Crippen molar-refractivity contribution in [2.24, 2.45) is 0 Å². The normalized spacial score (nSPS) is 15.7. The number of hydrogen-bond acceptors (Lipinski definition) is 4. The molecule has 0 aromatic rings. The summed E-state index contributed by atoms with van der Waals surface area (Å²) in [6.07, 6.45) is 1.32. The number of nitrogens with one attached hydrogen (secondary N) is 1. The van der Waals surface area contributed by atoms with Gasteiger partial charge in [0.15, 0.2) is 0 Å². The van der Waals surface area contributed by atoms with Crippen molar-refractivity contribution < 1.29 is 19.1 Å². The average molecular weight is 215 g/mol. The second-order valence-corrected chi connectivity index (χ2v) is 4.54. The molecular weight excluding hydrogens is 198 g/mol. The van der Waals surface area contributed by atoms with E-state index < -0.39 is 17.7 Å². The SMILES string of the molecule is CC(C)(C)OC(=O)NCC(=O)OC1CC1. The fourth-order valence-corrected chi connectivity index (χ4v) is 0.872. The molecule has 1 rings (SSSR count). The first-order chi connectivity index (χ1) is 6.87. The van der Waals surface area contributed by atoms with Crippen LogP contribution in [-0.4, -0.2) is 30.3 Å². The molecular formula is C10H17NO4. The number of ether oxygens (including phenoxy) is 2. The van der Waals surface area contributed by atoms with E-state index in [0.29, 0.717) is 0 Å². The van der Waals surface area contributed by atoms with E-state index in [0.717, 1.165) is 12.8 Å². The van der Waals surface area contributed by atoms with Crippen molar-refractivity contribution in [1.29, 1.82) is 0 Å². The maximum absolute atomic E-state index is 11.1. The Hall–Kier alpha value is -1.26. The zero-order chi connectivity index (χ0) is 11.5. The number of carbonyl (C=O) groups excluding carboxylic acids is 2. The molecule has 0 aliphatic heterocycles. The summed E-state index contributed by atoms with van der Waals surface area (Å²) >= 11 is 0. The highest BCUT2D eigenvalue weighted by atomic mass is 16.6. The van der Waals surface area contributed by atoms with Gasteiger partial charge in [0, 0.05) is 0 Å². The maximum Gasteiger partial charge on any atom is 0.408 e. The first-order valence-electron chi connectivity index (χ1n) is 5.03. The third-order valence-electron chi connectivity index (χ3n) is 1.60. The molecule has 1 N–H and O–H groups in total. The number of rotatable bonds is 3. The van der Waals surface area contributed by atoms with E-state index in [-0.39, 0.29) is 12.6 Å². The van der Waals surface area contributed by atoms with Gasteiger partial charge in [0.25, 0.3) is 0 Å². The number of hydrogen-bond donors (Lipinski definition) is 1. The van der Waals surface area contributed by atoms with E-state index in [4.69, 9.17) is 9.47 Å². The van der Waals surface area contributed by atoms with Gasteiger partial charge < -0.3 is 14.8 Å². The predicted molar refractivity (Wildman–Crippen MR) is 53.4 cm³/mol. The quantitative estimate of drug-likeness (QED) is 0.719. The molecule has 1 saturated carbocycles. The van der Waals surface area contributed by atoms with Crippen molar-refractivity contribution in [1.82, 2.24) is 5.32 Å². The van der Waals surface area contributed by atoms with Gasteiger partial charge in [-0.3, -0.25) is 4.79 Å². The van der Waals surface area contributed by atoms with E-state index >= 15 is 0 Å². The minimum absolute atomic E-state index is 0.0675. The van der Waals surface area contributed by atoms with Crippen LogP contribution < -0.4 is 5.32 Å². The van der Waals surface area contributed by atoms with Crippen molar-refractivity contribution in [3.63, 3.8) is 0 Å². The van der Waals surface area contributed by atoms with Gasteiger partial charge in [0.05, 0.1) is 0 Å². The van der Waals surface area contributed by atoms with Crippen molar-refractivity contribution in [3.8, 4) is 0 Å².